The van der Waals surface area contributed by atoms with Gasteiger partial charge in [0.25, 0.3) is 0 Å². The van der Waals surface area contributed by atoms with E-state index in [4.69, 9.17) is 5.11 Å². The van der Waals surface area contributed by atoms with E-state index in [1.807, 2.05) is 6.07 Å². The van der Waals surface area contributed by atoms with E-state index in [9.17, 15) is 9.18 Å². The number of hydrogen-bond donors (Lipinski definition) is 1. The molecule has 1 heterocycles. The highest BCUT2D eigenvalue weighted by molar-refractivity contribution is 5.73. The van der Waals surface area contributed by atoms with Gasteiger partial charge in [-0.2, -0.15) is 0 Å². The Balaban J connectivity index is 1.90. The van der Waals surface area contributed by atoms with E-state index in [0.29, 0.717) is 0 Å². The molecule has 1 aromatic carbocycles. The van der Waals surface area contributed by atoms with Crippen LogP contribution in [-0.4, -0.2) is 34.6 Å². The van der Waals surface area contributed by atoms with Gasteiger partial charge in [0.2, 0.25) is 0 Å². The molecule has 1 N–H and O–H groups in total. The molecule has 2 atom stereocenters. The fourth-order valence-electron chi connectivity index (χ4n) is 2.82. The number of rotatable bonds is 5. The molecule has 0 spiro atoms. The first-order chi connectivity index (χ1) is 9.08. The minimum atomic E-state index is -0.727. The first kappa shape index (κ1) is 14.0. The Morgan fingerprint density at radius 1 is 1.58 bits per heavy atom. The predicted octanol–water partition coefficient (Wildman–Crippen LogP) is 2.70. The summed E-state index contributed by atoms with van der Waals surface area (Å²) in [6, 6.07) is 6.48. The number of benzene rings is 1. The molecule has 2 rings (SSSR count). The first-order valence-electron chi connectivity index (χ1n) is 6.81. The molecule has 0 aromatic heterocycles. The van der Waals surface area contributed by atoms with Gasteiger partial charge in [-0.1, -0.05) is 12.1 Å². The molecular weight excluding hydrogens is 245 g/mol. The smallest absolute Gasteiger partial charge is 0.320 e. The number of nitrogens with zero attached hydrogens (tertiary/aromatic N) is 1. The quantitative estimate of drug-likeness (QED) is 0.890. The molecule has 1 aromatic rings. The Kier molecular flexibility index (Phi) is 4.53. The highest BCUT2D eigenvalue weighted by Crippen LogP contribution is 2.22. The van der Waals surface area contributed by atoms with Crippen LogP contribution in [0, 0.1) is 5.82 Å². The number of carboxylic acid groups (broad SMARTS) is 1. The van der Waals surface area contributed by atoms with Crippen molar-refractivity contribution < 1.29 is 14.3 Å². The normalized spacial score (nSPS) is 21.5. The summed E-state index contributed by atoms with van der Waals surface area (Å²) in [5, 5.41) is 9.16. The molecule has 0 radical (unpaired) electrons. The molecule has 0 aliphatic carbocycles. The van der Waals surface area contributed by atoms with Crippen LogP contribution < -0.4 is 0 Å². The van der Waals surface area contributed by atoms with E-state index in [1.165, 1.54) is 6.07 Å². The highest BCUT2D eigenvalue weighted by atomic mass is 19.1. The third-order valence-corrected chi connectivity index (χ3v) is 3.89. The molecule has 0 amide bonds. The summed E-state index contributed by atoms with van der Waals surface area (Å²) in [5.41, 5.74) is 0.970. The number of likely N-dealkylation sites (tertiary alicyclic amines) is 1. The summed E-state index contributed by atoms with van der Waals surface area (Å²) in [6.45, 7) is 2.90. The molecule has 0 bridgehead atoms. The molecule has 3 nitrogen and oxygen atoms in total. The van der Waals surface area contributed by atoms with Crippen molar-refractivity contribution in [1.82, 2.24) is 4.90 Å². The lowest BCUT2D eigenvalue weighted by Gasteiger charge is -2.28. The van der Waals surface area contributed by atoms with Crippen LogP contribution >= 0.6 is 0 Å². The lowest BCUT2D eigenvalue weighted by atomic mass is 10.0. The number of aliphatic carboxylic acids is 1. The molecule has 19 heavy (non-hydrogen) atoms. The van der Waals surface area contributed by atoms with E-state index >= 15 is 0 Å². The Hall–Kier alpha value is -1.42. The van der Waals surface area contributed by atoms with Crippen molar-refractivity contribution in [1.29, 1.82) is 0 Å². The van der Waals surface area contributed by atoms with Gasteiger partial charge >= 0.3 is 5.97 Å². The van der Waals surface area contributed by atoms with Gasteiger partial charge in [-0.15, -0.1) is 0 Å². The Bertz CT molecular complexity index is 450. The van der Waals surface area contributed by atoms with Crippen LogP contribution in [0.25, 0.3) is 0 Å². The van der Waals surface area contributed by atoms with Gasteiger partial charge in [0.15, 0.2) is 0 Å². The van der Waals surface area contributed by atoms with E-state index in [2.05, 4.69) is 11.8 Å². The Morgan fingerprint density at radius 2 is 2.37 bits per heavy atom. The van der Waals surface area contributed by atoms with Crippen LogP contribution in [0.4, 0.5) is 4.39 Å². The molecule has 0 saturated carbocycles. The third kappa shape index (κ3) is 3.53. The summed E-state index contributed by atoms with van der Waals surface area (Å²) < 4.78 is 13.1. The Labute approximate surface area is 113 Å². The second-order valence-corrected chi connectivity index (χ2v) is 5.25. The third-order valence-electron chi connectivity index (χ3n) is 3.89. The van der Waals surface area contributed by atoms with Crippen LogP contribution in [-0.2, 0) is 11.2 Å². The van der Waals surface area contributed by atoms with Gasteiger partial charge < -0.3 is 5.11 Å². The van der Waals surface area contributed by atoms with E-state index < -0.39 is 5.97 Å². The van der Waals surface area contributed by atoms with Crippen molar-refractivity contribution in [3.63, 3.8) is 0 Å². The number of carboxylic acids is 1. The molecular formula is C15H20FNO2. The van der Waals surface area contributed by atoms with Crippen molar-refractivity contribution >= 4 is 5.97 Å². The molecule has 1 unspecified atom stereocenters. The maximum absolute atomic E-state index is 13.1. The van der Waals surface area contributed by atoms with E-state index in [1.54, 1.807) is 12.1 Å². The maximum atomic E-state index is 13.1. The molecule has 104 valence electrons. The zero-order chi connectivity index (χ0) is 13.8. The van der Waals surface area contributed by atoms with Gasteiger partial charge in [-0.05, 0) is 56.8 Å². The Morgan fingerprint density at radius 3 is 3.05 bits per heavy atom. The lowest BCUT2D eigenvalue weighted by molar-refractivity contribution is -0.142. The van der Waals surface area contributed by atoms with Gasteiger partial charge in [0.1, 0.15) is 11.9 Å². The van der Waals surface area contributed by atoms with Crippen molar-refractivity contribution in [2.75, 3.05) is 6.54 Å². The van der Waals surface area contributed by atoms with Gasteiger partial charge in [-0.25, -0.2) is 4.39 Å². The minimum absolute atomic E-state index is 0.213. The van der Waals surface area contributed by atoms with Crippen LogP contribution in [0.3, 0.4) is 0 Å². The molecule has 1 fully saturated rings. The van der Waals surface area contributed by atoms with Crippen LogP contribution in [0.15, 0.2) is 24.3 Å². The van der Waals surface area contributed by atoms with Crippen molar-refractivity contribution in [2.45, 2.75) is 44.7 Å². The van der Waals surface area contributed by atoms with Crippen LogP contribution in [0.1, 0.15) is 31.7 Å². The van der Waals surface area contributed by atoms with Crippen LogP contribution in [0.5, 0.6) is 0 Å². The molecule has 1 aliphatic rings. The SMILES string of the molecule is CC(CCc1cccc(F)c1)N1CCC[C@@H]1C(=O)O. The average molecular weight is 265 g/mol. The largest absolute Gasteiger partial charge is 0.480 e. The number of halogens is 1. The molecule has 1 saturated heterocycles. The second-order valence-electron chi connectivity index (χ2n) is 5.25. The molecule has 1 aliphatic heterocycles. The zero-order valence-corrected chi connectivity index (χ0v) is 11.2. The van der Waals surface area contributed by atoms with Gasteiger partial charge in [0.05, 0.1) is 0 Å². The van der Waals surface area contributed by atoms with Crippen molar-refractivity contribution in [2.24, 2.45) is 0 Å². The summed E-state index contributed by atoms with van der Waals surface area (Å²) in [6.07, 6.45) is 3.32. The first-order valence-corrected chi connectivity index (χ1v) is 6.81. The predicted molar refractivity (Wildman–Crippen MR) is 71.5 cm³/mol. The average Bonchev–Trinajstić information content (AvgIpc) is 2.85. The van der Waals surface area contributed by atoms with Gasteiger partial charge in [-0.3, -0.25) is 9.69 Å². The second kappa shape index (κ2) is 6.15. The zero-order valence-electron chi connectivity index (χ0n) is 11.2. The van der Waals surface area contributed by atoms with Crippen molar-refractivity contribution in [3.8, 4) is 0 Å². The van der Waals surface area contributed by atoms with E-state index in [0.717, 1.165) is 37.8 Å². The van der Waals surface area contributed by atoms with Gasteiger partial charge in [0, 0.05) is 6.04 Å². The topological polar surface area (TPSA) is 40.5 Å². The van der Waals surface area contributed by atoms with Crippen molar-refractivity contribution in [3.05, 3.63) is 35.6 Å². The maximum Gasteiger partial charge on any atom is 0.320 e. The summed E-state index contributed by atoms with van der Waals surface area (Å²) >= 11 is 0. The molecule has 4 heteroatoms. The number of aryl methyl sites for hydroxylation is 1. The lowest BCUT2D eigenvalue weighted by Crippen LogP contribution is -2.42. The minimum Gasteiger partial charge on any atom is -0.480 e. The van der Waals surface area contributed by atoms with Crippen LogP contribution in [0.2, 0.25) is 0 Å². The fraction of sp³-hybridized carbons (Fsp3) is 0.533. The summed E-state index contributed by atoms with van der Waals surface area (Å²) in [5.74, 6) is -0.940. The summed E-state index contributed by atoms with van der Waals surface area (Å²) in [7, 11) is 0. The number of hydrogen-bond acceptors (Lipinski definition) is 2. The monoisotopic (exact) mass is 265 g/mol. The fourth-order valence-corrected chi connectivity index (χ4v) is 2.82. The standard InChI is InChI=1S/C15H20FNO2/c1-11(17-9-3-6-14(17)15(18)19)7-8-12-4-2-5-13(16)10-12/h2,4-5,10-11,14H,3,6-9H2,1H3,(H,18,19)/t11?,14-/m1/s1. The number of carbonyl (C=O) groups is 1. The highest BCUT2D eigenvalue weighted by Gasteiger charge is 2.33. The summed E-state index contributed by atoms with van der Waals surface area (Å²) in [4.78, 5) is 13.2. The van der Waals surface area contributed by atoms with E-state index in [-0.39, 0.29) is 17.9 Å².